The Morgan fingerprint density at radius 3 is 1.94 bits per heavy atom. The van der Waals surface area contributed by atoms with E-state index in [2.05, 4.69) is 0 Å². The molecule has 0 unspecified atom stereocenters. The van der Waals surface area contributed by atoms with Gasteiger partial charge in [0, 0.05) is 12.0 Å². The lowest BCUT2D eigenvalue weighted by Crippen LogP contribution is -2.65. The second-order valence-corrected chi connectivity index (χ2v) is 16.6. The number of esters is 1. The van der Waals surface area contributed by atoms with Gasteiger partial charge in [-0.05, 0) is 66.5 Å². The van der Waals surface area contributed by atoms with Crippen molar-refractivity contribution in [3.8, 4) is 23.0 Å². The molecule has 24 nitrogen and oxygen atoms in total. The number of hydrogen-bond donors (Lipinski definition) is 15. The van der Waals surface area contributed by atoms with Gasteiger partial charge in [-0.25, -0.2) is 4.79 Å². The predicted molar refractivity (Wildman–Crippen MR) is 224 cm³/mol. The summed E-state index contributed by atoms with van der Waals surface area (Å²) in [7, 11) is 0. The van der Waals surface area contributed by atoms with E-state index in [1.165, 1.54) is 55.7 Å². The maximum atomic E-state index is 12.8. The molecule has 19 atom stereocenters. The highest BCUT2D eigenvalue weighted by Gasteiger charge is 2.53. The maximum Gasteiger partial charge on any atom is 0.331 e. The molecule has 0 saturated carbocycles. The van der Waals surface area contributed by atoms with E-state index in [0.717, 1.165) is 6.08 Å². The Labute approximate surface area is 387 Å². The van der Waals surface area contributed by atoms with Gasteiger partial charge in [0.2, 0.25) is 6.29 Å². The Morgan fingerprint density at radius 1 is 0.662 bits per heavy atom. The SMILES string of the molecule is C[C@@H]1O[C@@H](O[C@@H]2[C@@H](O)[C@H](OCCc3ccc(O)c(O)c3)O[C@H](CO)[C@H]2OC(=O)/C=C/c2ccc(O)c(O)c2)[C@H](O)[C@H](O)[C@H]1O.OCC1=C[C@@H](O)[C@@H]2C=CO[C@@H](O[C@@H]3O[C@H](CO)[C@@H](O)[C@H](O)[C@H]3O)[C@H]12. The first-order chi connectivity index (χ1) is 32.4. The molecule has 2 aromatic carbocycles. The summed E-state index contributed by atoms with van der Waals surface area (Å²) < 4.78 is 44.5. The number of benzene rings is 2. The Morgan fingerprint density at radius 2 is 1.29 bits per heavy atom. The van der Waals surface area contributed by atoms with Crippen LogP contribution in [0.25, 0.3) is 6.08 Å². The summed E-state index contributed by atoms with van der Waals surface area (Å²) in [5, 5.41) is 149. The fourth-order valence-electron chi connectivity index (χ4n) is 8.13. The van der Waals surface area contributed by atoms with Crippen molar-refractivity contribution in [1.29, 1.82) is 0 Å². The van der Waals surface area contributed by atoms with Gasteiger partial charge in [-0.1, -0.05) is 18.2 Å². The Kier molecular flexibility index (Phi) is 18.2. The molecule has 378 valence electrons. The maximum absolute atomic E-state index is 12.8. The number of aliphatic hydroxyl groups excluding tert-OH is 11. The van der Waals surface area contributed by atoms with Gasteiger partial charge in [0.15, 0.2) is 48.0 Å². The third-order valence-electron chi connectivity index (χ3n) is 12.0. The Balaban J connectivity index is 0.000000266. The molecule has 0 amide bonds. The number of carbonyl (C=O) groups is 1. The largest absolute Gasteiger partial charge is 0.504 e. The zero-order valence-electron chi connectivity index (χ0n) is 36.2. The van der Waals surface area contributed by atoms with Crippen molar-refractivity contribution < 1.29 is 119 Å². The lowest BCUT2D eigenvalue weighted by atomic mass is 9.88. The first-order valence-electron chi connectivity index (χ1n) is 21.5. The molecule has 0 radical (unpaired) electrons. The molecule has 15 N–H and O–H groups in total. The van der Waals surface area contributed by atoms with E-state index in [0.29, 0.717) is 16.7 Å². The van der Waals surface area contributed by atoms with Crippen LogP contribution in [0.2, 0.25) is 0 Å². The van der Waals surface area contributed by atoms with Crippen LogP contribution < -0.4 is 0 Å². The third kappa shape index (κ3) is 12.1. The number of carbonyl (C=O) groups excluding carboxylic acids is 1. The molecule has 2 aromatic rings. The van der Waals surface area contributed by atoms with Crippen LogP contribution in [-0.2, 0) is 49.1 Å². The van der Waals surface area contributed by atoms with E-state index in [1.807, 2.05) is 0 Å². The number of ether oxygens (including phenoxy) is 8. The second kappa shape index (κ2) is 23.4. The average molecular weight is 971 g/mol. The molecule has 3 saturated heterocycles. The second-order valence-electron chi connectivity index (χ2n) is 16.6. The van der Waals surface area contributed by atoms with Crippen LogP contribution in [0.15, 0.2) is 66.5 Å². The molecule has 0 bridgehead atoms. The van der Waals surface area contributed by atoms with Crippen LogP contribution >= 0.6 is 0 Å². The highest BCUT2D eigenvalue weighted by molar-refractivity contribution is 5.87. The summed E-state index contributed by atoms with van der Waals surface area (Å²) in [6, 6.07) is 7.98. The van der Waals surface area contributed by atoms with Crippen LogP contribution in [0.1, 0.15) is 18.1 Å². The van der Waals surface area contributed by atoms with Gasteiger partial charge in [0.25, 0.3) is 0 Å². The zero-order chi connectivity index (χ0) is 49.6. The number of phenolic OH excluding ortho intramolecular Hbond substituents is 4. The van der Waals surface area contributed by atoms with Crippen molar-refractivity contribution in [2.75, 3.05) is 26.4 Å². The molecule has 7 rings (SSSR count). The summed E-state index contributed by atoms with van der Waals surface area (Å²) >= 11 is 0. The number of aliphatic hydroxyl groups is 11. The first-order valence-corrected chi connectivity index (χ1v) is 21.5. The smallest absolute Gasteiger partial charge is 0.331 e. The van der Waals surface area contributed by atoms with Crippen molar-refractivity contribution in [3.05, 3.63) is 77.6 Å². The van der Waals surface area contributed by atoms with Crippen molar-refractivity contribution in [2.45, 2.75) is 118 Å². The van der Waals surface area contributed by atoms with E-state index in [9.17, 15) is 81.4 Å². The molecule has 4 heterocycles. The van der Waals surface area contributed by atoms with E-state index < -0.39 is 135 Å². The lowest BCUT2D eigenvalue weighted by molar-refractivity contribution is -0.357. The Hall–Kier alpha value is -4.55. The minimum atomic E-state index is -1.77. The normalized spacial score (nSPS) is 37.9. The van der Waals surface area contributed by atoms with Gasteiger partial charge in [0.1, 0.15) is 61.0 Å². The molecule has 3 fully saturated rings. The molecule has 4 aliphatic heterocycles. The van der Waals surface area contributed by atoms with Crippen LogP contribution in [0.5, 0.6) is 23.0 Å². The predicted octanol–water partition coefficient (Wildman–Crippen LogP) is -3.82. The summed E-state index contributed by atoms with van der Waals surface area (Å²) in [6.07, 6.45) is -16.9. The molecule has 0 spiro atoms. The van der Waals surface area contributed by atoms with Crippen molar-refractivity contribution in [2.24, 2.45) is 11.8 Å². The van der Waals surface area contributed by atoms with Crippen molar-refractivity contribution in [1.82, 2.24) is 0 Å². The molecule has 68 heavy (non-hydrogen) atoms. The minimum Gasteiger partial charge on any atom is -0.504 e. The number of aromatic hydroxyl groups is 4. The molecule has 5 aliphatic rings. The monoisotopic (exact) mass is 970 g/mol. The van der Waals surface area contributed by atoms with Gasteiger partial charge < -0.3 is 114 Å². The molecule has 24 heteroatoms. The highest BCUT2D eigenvalue weighted by atomic mass is 16.8. The highest BCUT2D eigenvalue weighted by Crippen LogP contribution is 2.41. The van der Waals surface area contributed by atoms with Gasteiger partial charge in [-0.15, -0.1) is 0 Å². The number of rotatable bonds is 14. The van der Waals surface area contributed by atoms with Gasteiger partial charge in [-0.3, -0.25) is 0 Å². The fourth-order valence-corrected chi connectivity index (χ4v) is 8.13. The minimum absolute atomic E-state index is 0.0754. The lowest BCUT2D eigenvalue weighted by Gasteiger charge is -2.46. The summed E-state index contributed by atoms with van der Waals surface area (Å²) in [5.74, 6) is -3.23. The Bertz CT molecular complexity index is 2060. The molecular formula is C44H58O24. The summed E-state index contributed by atoms with van der Waals surface area (Å²) in [4.78, 5) is 12.8. The number of phenols is 4. The quantitative estimate of drug-likeness (QED) is 0.0373. The third-order valence-corrected chi connectivity index (χ3v) is 12.0. The molecule has 0 aromatic heterocycles. The fraction of sp³-hybridized carbons (Fsp3) is 0.568. The van der Waals surface area contributed by atoms with Gasteiger partial charge in [-0.2, -0.15) is 0 Å². The zero-order valence-corrected chi connectivity index (χ0v) is 36.2. The number of hydrogen-bond acceptors (Lipinski definition) is 24. The topological polar surface area (TPSA) is 394 Å². The summed E-state index contributed by atoms with van der Waals surface area (Å²) in [6.45, 7) is -0.248. The van der Waals surface area contributed by atoms with Crippen LogP contribution in [0.3, 0.4) is 0 Å². The standard InChI is InChI=1S/C29H36O15.C15H22O9/c1-13-22(36)23(37)24(38)29(41-13)44-27-25(39)28(40-9-8-15-3-6-17(32)19(34)11-15)42-20(12-30)26(27)43-21(35)7-4-14-2-5-16(31)18(33)10-14;16-4-6-3-8(18)7-1-2-22-14(10(6)7)24-15-13(21)12(20)11(19)9(5-17)23-15/h2-7,10-11,13,20,22-34,36-39H,8-9,12H2,1H3;1-3,7-21H,4-5H2/b7-4+;/t13-,20+,22-,23+,24+,25+,26+,27+,28+,29-;7-,8+,9+,10+,11+,12-,13+,14-,15-/m00/s1. The van der Waals surface area contributed by atoms with Crippen molar-refractivity contribution >= 4 is 12.0 Å². The van der Waals surface area contributed by atoms with Crippen LogP contribution in [-0.4, -0.2) is 214 Å². The van der Waals surface area contributed by atoms with Gasteiger partial charge >= 0.3 is 5.97 Å². The molecular weight excluding hydrogens is 912 g/mol. The van der Waals surface area contributed by atoms with E-state index in [4.69, 9.17) is 37.9 Å². The summed E-state index contributed by atoms with van der Waals surface area (Å²) in [5.41, 5.74) is 1.45. The van der Waals surface area contributed by atoms with Crippen LogP contribution in [0.4, 0.5) is 0 Å². The molecule has 1 aliphatic carbocycles. The van der Waals surface area contributed by atoms with E-state index in [1.54, 1.807) is 12.1 Å². The average Bonchev–Trinajstić information content (AvgIpc) is 3.66. The first kappa shape index (κ1) is 52.8. The van der Waals surface area contributed by atoms with E-state index >= 15 is 0 Å². The van der Waals surface area contributed by atoms with Crippen LogP contribution in [0, 0.1) is 11.8 Å². The number of fused-ring (bicyclic) bond motifs is 1. The van der Waals surface area contributed by atoms with E-state index in [-0.39, 0.29) is 42.8 Å². The van der Waals surface area contributed by atoms with Crippen molar-refractivity contribution in [3.63, 3.8) is 0 Å². The van der Waals surface area contributed by atoms with Gasteiger partial charge in [0.05, 0.1) is 50.8 Å².